The van der Waals surface area contributed by atoms with E-state index in [2.05, 4.69) is 4.90 Å². The minimum absolute atomic E-state index is 0.134. The van der Waals surface area contributed by atoms with Crippen LogP contribution in [0.15, 0.2) is 24.0 Å². The predicted octanol–water partition coefficient (Wildman–Crippen LogP) is 0.985. The second-order valence-corrected chi connectivity index (χ2v) is 9.62. The van der Waals surface area contributed by atoms with Crippen LogP contribution in [-0.2, 0) is 31.0 Å². The molecule has 5 rings (SSSR count). The van der Waals surface area contributed by atoms with Gasteiger partial charge < -0.3 is 39.5 Å². The summed E-state index contributed by atoms with van der Waals surface area (Å²) in [5.74, 6) is -3.84. The number of rotatable bonds is 5. The molecule has 38 heavy (non-hydrogen) atoms. The van der Waals surface area contributed by atoms with Gasteiger partial charge in [0.25, 0.3) is 0 Å². The molecule has 11 nitrogen and oxygen atoms in total. The Balaban J connectivity index is 0.000000426. The van der Waals surface area contributed by atoms with Crippen LogP contribution in [0.4, 0.5) is 13.2 Å². The zero-order valence-corrected chi connectivity index (χ0v) is 20.3. The van der Waals surface area contributed by atoms with Crippen molar-refractivity contribution in [2.24, 2.45) is 0 Å². The van der Waals surface area contributed by atoms with Gasteiger partial charge in [-0.3, -0.25) is 4.79 Å². The van der Waals surface area contributed by atoms with Crippen molar-refractivity contribution in [1.29, 1.82) is 0 Å². The Morgan fingerprint density at radius 2 is 1.92 bits per heavy atom. The second kappa shape index (κ2) is 9.43. The molecule has 0 aromatic heterocycles. The number of benzene rings is 1. The molecule has 1 fully saturated rings. The Kier molecular flexibility index (Phi) is 6.87. The number of carbonyl (C=O) groups is 3. The lowest BCUT2D eigenvalue weighted by Gasteiger charge is -2.61. The Labute approximate surface area is 214 Å². The fourth-order valence-corrected chi connectivity index (χ4v) is 6.02. The normalized spacial score (nSPS) is 29.5. The molecule has 208 valence electrons. The number of carboxylic acids is 2. The van der Waals surface area contributed by atoms with E-state index in [9.17, 15) is 33.0 Å². The third-order valence-corrected chi connectivity index (χ3v) is 7.66. The Bertz CT molecular complexity index is 1200. The molecule has 0 radical (unpaired) electrons. The molecule has 4 aliphatic rings. The van der Waals surface area contributed by atoms with Crippen LogP contribution in [0.25, 0.3) is 0 Å². The van der Waals surface area contributed by atoms with Crippen LogP contribution in [0.1, 0.15) is 30.4 Å². The summed E-state index contributed by atoms with van der Waals surface area (Å²) in [6.45, 7) is 0.728. The van der Waals surface area contributed by atoms with Gasteiger partial charge in [-0.2, -0.15) is 13.2 Å². The molecule has 14 heteroatoms. The smallest absolute Gasteiger partial charge is 0.490 e. The molecule has 1 aromatic rings. The van der Waals surface area contributed by atoms with Gasteiger partial charge in [0.05, 0.1) is 24.5 Å². The highest BCUT2D eigenvalue weighted by Crippen LogP contribution is 2.65. The van der Waals surface area contributed by atoms with Gasteiger partial charge in [-0.1, -0.05) is 6.07 Å². The van der Waals surface area contributed by atoms with Crippen molar-refractivity contribution < 1.29 is 62.2 Å². The summed E-state index contributed by atoms with van der Waals surface area (Å²) in [7, 11) is 3.55. The number of hydrogen-bond acceptors (Lipinski definition) is 9. The van der Waals surface area contributed by atoms with Crippen LogP contribution in [0, 0.1) is 0 Å². The lowest BCUT2D eigenvalue weighted by Crippen LogP contribution is -2.74. The number of carbonyl (C=O) groups excluding carboxylic acids is 1. The highest BCUT2D eigenvalue weighted by molar-refractivity contribution is 5.81. The number of hydrogen-bond donors (Lipinski definition) is 4. The van der Waals surface area contributed by atoms with Crippen molar-refractivity contribution in [3.63, 3.8) is 0 Å². The summed E-state index contributed by atoms with van der Waals surface area (Å²) in [5.41, 5.74) is 0.00341. The second-order valence-electron chi connectivity index (χ2n) is 9.62. The first kappa shape index (κ1) is 27.7. The topological polar surface area (TPSA) is 163 Å². The van der Waals surface area contributed by atoms with Gasteiger partial charge in [-0.05, 0) is 44.1 Å². The Morgan fingerprint density at radius 3 is 2.50 bits per heavy atom. The molecule has 2 aliphatic carbocycles. The van der Waals surface area contributed by atoms with Gasteiger partial charge in [-0.15, -0.1) is 0 Å². The molecule has 0 unspecified atom stereocenters. The van der Waals surface area contributed by atoms with E-state index in [1.54, 1.807) is 13.2 Å². The number of alkyl halides is 3. The Hall–Kier alpha value is -3.36. The molecule has 1 spiro atoms. The first-order chi connectivity index (χ1) is 17.7. The van der Waals surface area contributed by atoms with Crippen molar-refractivity contribution in [2.45, 2.75) is 61.1 Å². The number of esters is 1. The van der Waals surface area contributed by atoms with Gasteiger partial charge in [-0.25, -0.2) is 9.59 Å². The molecule has 2 bridgehead atoms. The number of nitrogens with zero attached hydrogens (tertiary/aromatic N) is 1. The van der Waals surface area contributed by atoms with Gasteiger partial charge in [0.1, 0.15) is 5.76 Å². The summed E-state index contributed by atoms with van der Waals surface area (Å²) >= 11 is 0. The van der Waals surface area contributed by atoms with E-state index in [1.165, 1.54) is 0 Å². The fourth-order valence-electron chi connectivity index (χ4n) is 6.02. The molecule has 0 amide bonds. The number of halogens is 3. The highest BCUT2D eigenvalue weighted by atomic mass is 19.4. The van der Waals surface area contributed by atoms with Crippen molar-refractivity contribution in [3.05, 3.63) is 35.1 Å². The summed E-state index contributed by atoms with van der Waals surface area (Å²) in [6, 6.07) is 3.71. The van der Waals surface area contributed by atoms with E-state index in [1.807, 2.05) is 19.2 Å². The average molecular weight is 545 g/mol. The van der Waals surface area contributed by atoms with Crippen LogP contribution >= 0.6 is 0 Å². The van der Waals surface area contributed by atoms with Crippen molar-refractivity contribution in [2.75, 3.05) is 20.7 Å². The maximum Gasteiger partial charge on any atom is 0.490 e. The van der Waals surface area contributed by atoms with Gasteiger partial charge in [0.15, 0.2) is 23.7 Å². The van der Waals surface area contributed by atoms with Gasteiger partial charge >= 0.3 is 24.1 Å². The summed E-state index contributed by atoms with van der Waals surface area (Å²) < 4.78 is 49.0. The molecule has 5 atom stereocenters. The van der Waals surface area contributed by atoms with Crippen LogP contribution in [0.5, 0.6) is 11.5 Å². The van der Waals surface area contributed by atoms with Crippen molar-refractivity contribution >= 4 is 17.9 Å². The lowest BCUT2D eigenvalue weighted by molar-refractivity contribution is -0.192. The Morgan fingerprint density at radius 1 is 1.26 bits per heavy atom. The first-order valence-electron chi connectivity index (χ1n) is 11.6. The number of ether oxygens (including phenoxy) is 3. The number of piperidine rings is 1. The third-order valence-electron chi connectivity index (χ3n) is 7.66. The van der Waals surface area contributed by atoms with E-state index in [0.717, 1.165) is 17.7 Å². The van der Waals surface area contributed by atoms with Gasteiger partial charge in [0, 0.05) is 18.0 Å². The largest absolute Gasteiger partial charge is 0.493 e. The predicted molar refractivity (Wildman–Crippen MR) is 120 cm³/mol. The highest BCUT2D eigenvalue weighted by Gasteiger charge is 2.72. The number of likely N-dealkylation sites (tertiary alicyclic amines) is 1. The number of carboxylic acid groups (broad SMARTS) is 2. The summed E-state index contributed by atoms with van der Waals surface area (Å²) in [5, 5.41) is 37.9. The van der Waals surface area contributed by atoms with E-state index in [0.29, 0.717) is 24.3 Å². The van der Waals surface area contributed by atoms with Crippen molar-refractivity contribution in [1.82, 2.24) is 4.90 Å². The zero-order valence-electron chi connectivity index (χ0n) is 20.3. The van der Waals surface area contributed by atoms with Crippen LogP contribution in [-0.4, -0.2) is 94.0 Å². The first-order valence-corrected chi connectivity index (χ1v) is 11.6. The molecular formula is C24H26F3NO10. The third kappa shape index (κ3) is 4.16. The maximum absolute atomic E-state index is 12.4. The van der Waals surface area contributed by atoms with E-state index < -0.39 is 53.7 Å². The van der Waals surface area contributed by atoms with Crippen LogP contribution < -0.4 is 9.47 Å². The molecule has 2 heterocycles. The average Bonchev–Trinajstić information content (AvgIpc) is 3.18. The van der Waals surface area contributed by atoms with E-state index in [-0.39, 0.29) is 18.2 Å². The minimum atomic E-state index is -5.08. The van der Waals surface area contributed by atoms with Crippen molar-refractivity contribution in [3.8, 4) is 11.5 Å². The molecule has 1 saturated heterocycles. The monoisotopic (exact) mass is 545 g/mol. The number of methoxy groups -OCH3 is 1. The molecule has 2 aliphatic heterocycles. The van der Waals surface area contributed by atoms with Crippen LogP contribution in [0.3, 0.4) is 0 Å². The number of aliphatic hydroxyl groups excluding tert-OH is 1. The quantitative estimate of drug-likeness (QED) is 0.390. The number of aliphatic hydroxyl groups is 2. The summed E-state index contributed by atoms with van der Waals surface area (Å²) in [4.78, 5) is 34.3. The molecule has 1 aromatic carbocycles. The molecule has 4 N–H and O–H groups in total. The number of likely N-dealkylation sites (N-methyl/N-ethyl adjacent to an activating group) is 1. The molecular weight excluding hydrogens is 519 g/mol. The maximum atomic E-state index is 12.4. The van der Waals surface area contributed by atoms with Gasteiger partial charge in [0.2, 0.25) is 0 Å². The SMILES string of the molecule is COc1ccc2c3c1O[C@H]1C(OC(=O)[C@@H](O)CC(=O)O)=CC[C@@]4(O)[C@@H](C2)N(C)CC[C@]314.O=C(O)C(F)(F)F. The van der Waals surface area contributed by atoms with E-state index >= 15 is 0 Å². The minimum Gasteiger partial charge on any atom is -0.493 e. The summed E-state index contributed by atoms with van der Waals surface area (Å²) in [6.07, 6.45) is -5.29. The zero-order chi connectivity index (χ0) is 28.2. The molecule has 0 saturated carbocycles. The standard InChI is InChI=1S/C22H25NO8.C2HF3O2/c1-23-8-7-21-17-11-3-4-13(29-2)18(17)31-19(21)14(5-6-22(21,28)15(23)9-11)30-20(27)12(24)10-16(25)26;3-2(4,5)1(6)7/h3-5,12,15,19,24,28H,6-10H2,1-2H3,(H,25,26);(H,6,7)/t12-,15+,19-,21-,22+;/m0./s1. The van der Waals surface area contributed by atoms with Crippen LogP contribution in [0.2, 0.25) is 0 Å². The fraction of sp³-hybridized carbons (Fsp3) is 0.542. The van der Waals surface area contributed by atoms with E-state index in [4.69, 9.17) is 29.2 Å². The number of aliphatic carboxylic acids is 2. The lowest BCUT2D eigenvalue weighted by atomic mass is 9.50.